The molecule has 1 heterocycles. The van der Waals surface area contributed by atoms with E-state index >= 15 is 0 Å². The Balaban J connectivity index is 2.21. The van der Waals surface area contributed by atoms with Gasteiger partial charge in [0.15, 0.2) is 11.5 Å². The lowest BCUT2D eigenvalue weighted by molar-refractivity contribution is -0.121. The van der Waals surface area contributed by atoms with Crippen LogP contribution >= 0.6 is 24.0 Å². The Hall–Kier alpha value is -1.62. The fourth-order valence-electron chi connectivity index (χ4n) is 1.83. The van der Waals surface area contributed by atoms with Crippen LogP contribution in [0.2, 0.25) is 0 Å². The lowest BCUT2D eigenvalue weighted by Crippen LogP contribution is -2.32. The molecule has 2 rings (SSSR count). The maximum Gasteiger partial charge on any atom is 0.266 e. The standard InChI is InChI=1S/C13H13NO6S3/c1-20-10-6-8(2-3-9(10)15)7-11-12(16)14(13(21)22-11)4-5-23(17,18)19/h2-3,6-7,15H,4-5H2,1H3,(H,17,18,19). The van der Waals surface area contributed by atoms with E-state index in [2.05, 4.69) is 0 Å². The number of phenolic OH excluding ortho intramolecular Hbond substituents is 1. The number of phenols is 1. The molecule has 7 nitrogen and oxygen atoms in total. The highest BCUT2D eigenvalue weighted by atomic mass is 32.2. The quantitative estimate of drug-likeness (QED) is 0.453. The van der Waals surface area contributed by atoms with Crippen LogP contribution in [0.4, 0.5) is 0 Å². The molecule has 2 N–H and O–H groups in total. The van der Waals surface area contributed by atoms with Gasteiger partial charge in [-0.2, -0.15) is 8.42 Å². The maximum absolute atomic E-state index is 12.3. The van der Waals surface area contributed by atoms with Gasteiger partial charge in [-0.1, -0.05) is 30.0 Å². The minimum atomic E-state index is -4.18. The number of amides is 1. The molecule has 1 saturated heterocycles. The van der Waals surface area contributed by atoms with E-state index in [4.69, 9.17) is 21.5 Å². The van der Waals surface area contributed by atoms with E-state index < -0.39 is 21.8 Å². The number of methoxy groups -OCH3 is 1. The topological polar surface area (TPSA) is 104 Å². The Morgan fingerprint density at radius 2 is 2.13 bits per heavy atom. The van der Waals surface area contributed by atoms with Gasteiger partial charge in [0.1, 0.15) is 4.32 Å². The zero-order chi connectivity index (χ0) is 17.2. The third-order valence-corrected chi connectivity index (χ3v) is 5.02. The number of thioether (sulfide) groups is 1. The molecule has 0 saturated carbocycles. The van der Waals surface area contributed by atoms with Crippen LogP contribution in [0.1, 0.15) is 5.56 Å². The van der Waals surface area contributed by atoms with E-state index in [9.17, 15) is 18.3 Å². The Bertz CT molecular complexity index is 787. The summed E-state index contributed by atoms with van der Waals surface area (Å²) < 4.78 is 35.6. The van der Waals surface area contributed by atoms with Crippen LogP contribution in [-0.2, 0) is 14.9 Å². The van der Waals surface area contributed by atoms with Crippen LogP contribution in [0.15, 0.2) is 23.1 Å². The van der Waals surface area contributed by atoms with Crippen LogP contribution in [0.3, 0.4) is 0 Å². The number of thiocarbonyl (C=S) groups is 1. The average Bonchev–Trinajstić information content (AvgIpc) is 2.72. The summed E-state index contributed by atoms with van der Waals surface area (Å²) in [5.74, 6) is -0.776. The monoisotopic (exact) mass is 375 g/mol. The van der Waals surface area contributed by atoms with E-state index in [1.165, 1.54) is 13.2 Å². The van der Waals surface area contributed by atoms with Crippen LogP contribution in [-0.4, -0.2) is 52.6 Å². The molecule has 1 aromatic carbocycles. The van der Waals surface area contributed by atoms with E-state index in [0.29, 0.717) is 10.5 Å². The number of nitrogens with zero attached hydrogens (tertiary/aromatic N) is 1. The minimum absolute atomic E-state index is 0.0228. The van der Waals surface area contributed by atoms with E-state index in [-0.39, 0.29) is 22.4 Å². The SMILES string of the molecule is COc1cc(C=C2SC(=S)N(CCS(=O)(=O)O)C2=O)ccc1O. The number of benzene rings is 1. The second-order valence-corrected chi connectivity index (χ2v) is 7.80. The van der Waals surface area contributed by atoms with Crippen LogP contribution < -0.4 is 4.74 Å². The predicted octanol–water partition coefficient (Wildman–Crippen LogP) is 1.49. The summed E-state index contributed by atoms with van der Waals surface area (Å²) in [4.78, 5) is 13.7. The summed E-state index contributed by atoms with van der Waals surface area (Å²) in [6.45, 7) is -0.209. The zero-order valence-electron chi connectivity index (χ0n) is 11.9. The molecule has 0 bridgehead atoms. The molecule has 0 atom stereocenters. The molecule has 1 amide bonds. The maximum atomic E-state index is 12.3. The zero-order valence-corrected chi connectivity index (χ0v) is 14.4. The molecule has 1 aliphatic heterocycles. The first-order chi connectivity index (χ1) is 10.7. The first-order valence-corrected chi connectivity index (χ1v) is 9.12. The highest BCUT2D eigenvalue weighted by molar-refractivity contribution is 8.26. The fourth-order valence-corrected chi connectivity index (χ4v) is 3.56. The highest BCUT2D eigenvalue weighted by Crippen LogP contribution is 2.34. The van der Waals surface area contributed by atoms with Crippen LogP contribution in [0.25, 0.3) is 6.08 Å². The van der Waals surface area contributed by atoms with Gasteiger partial charge in [0.05, 0.1) is 17.8 Å². The summed E-state index contributed by atoms with van der Waals surface area (Å²) in [6.07, 6.45) is 1.56. The van der Waals surface area contributed by atoms with Gasteiger partial charge in [0.25, 0.3) is 16.0 Å². The van der Waals surface area contributed by atoms with Gasteiger partial charge in [0.2, 0.25) is 0 Å². The molecule has 0 aliphatic carbocycles. The van der Waals surface area contributed by atoms with E-state index in [1.54, 1.807) is 18.2 Å². The first kappa shape index (κ1) is 17.7. The van der Waals surface area contributed by atoms with Gasteiger partial charge >= 0.3 is 0 Å². The van der Waals surface area contributed by atoms with E-state index in [1.807, 2.05) is 0 Å². The first-order valence-electron chi connectivity index (χ1n) is 6.29. The third kappa shape index (κ3) is 4.44. The smallest absolute Gasteiger partial charge is 0.266 e. The number of carbonyl (C=O) groups excluding carboxylic acids is 1. The average molecular weight is 375 g/mol. The normalized spacial score (nSPS) is 17.1. The van der Waals surface area contributed by atoms with Crippen molar-refractivity contribution >= 4 is 50.4 Å². The summed E-state index contributed by atoms with van der Waals surface area (Å²) in [5, 5.41) is 9.55. The molecule has 0 spiro atoms. The molecule has 0 aromatic heterocycles. The van der Waals surface area contributed by atoms with Crippen molar-refractivity contribution in [3.8, 4) is 11.5 Å². The minimum Gasteiger partial charge on any atom is -0.504 e. The molecule has 0 radical (unpaired) electrons. The summed E-state index contributed by atoms with van der Waals surface area (Å²) in [5.41, 5.74) is 0.620. The number of hydrogen-bond donors (Lipinski definition) is 2. The Morgan fingerprint density at radius 3 is 2.74 bits per heavy atom. The molecule has 1 aliphatic rings. The molecule has 124 valence electrons. The van der Waals surface area contributed by atoms with Crippen molar-refractivity contribution in [2.24, 2.45) is 0 Å². The second-order valence-electron chi connectivity index (χ2n) is 4.55. The Kier molecular flexibility index (Phi) is 5.30. The van der Waals surface area contributed by atoms with Crippen molar-refractivity contribution in [3.05, 3.63) is 28.7 Å². The fraction of sp³-hybridized carbons (Fsp3) is 0.231. The molecule has 0 unspecified atom stereocenters. The van der Waals surface area contributed by atoms with Crippen LogP contribution in [0, 0.1) is 0 Å². The van der Waals surface area contributed by atoms with Gasteiger partial charge in [-0.3, -0.25) is 14.2 Å². The lowest BCUT2D eigenvalue weighted by Gasteiger charge is -2.12. The number of aromatic hydroxyl groups is 1. The van der Waals surface area contributed by atoms with Crippen LogP contribution in [0.5, 0.6) is 11.5 Å². The lowest BCUT2D eigenvalue weighted by atomic mass is 10.2. The number of ether oxygens (including phenoxy) is 1. The van der Waals surface area contributed by atoms with Crippen molar-refractivity contribution in [1.82, 2.24) is 4.90 Å². The van der Waals surface area contributed by atoms with Crippen molar-refractivity contribution in [2.45, 2.75) is 0 Å². The highest BCUT2D eigenvalue weighted by Gasteiger charge is 2.32. The van der Waals surface area contributed by atoms with Gasteiger partial charge < -0.3 is 9.84 Å². The summed E-state index contributed by atoms with van der Waals surface area (Å²) in [6, 6.07) is 4.59. The Labute approximate surface area is 142 Å². The molecule has 1 aromatic rings. The van der Waals surface area contributed by atoms with Gasteiger partial charge in [-0.05, 0) is 23.8 Å². The number of carbonyl (C=O) groups is 1. The number of hydrogen-bond acceptors (Lipinski definition) is 7. The van der Waals surface area contributed by atoms with E-state index in [0.717, 1.165) is 16.7 Å². The molecule has 10 heteroatoms. The Morgan fingerprint density at radius 1 is 1.43 bits per heavy atom. The molecular weight excluding hydrogens is 362 g/mol. The molecule has 1 fully saturated rings. The second kappa shape index (κ2) is 6.87. The van der Waals surface area contributed by atoms with Crippen molar-refractivity contribution in [1.29, 1.82) is 0 Å². The predicted molar refractivity (Wildman–Crippen MR) is 91.0 cm³/mol. The number of rotatable bonds is 5. The summed E-state index contributed by atoms with van der Waals surface area (Å²) >= 11 is 6.09. The van der Waals surface area contributed by atoms with Crippen molar-refractivity contribution < 1.29 is 27.6 Å². The molecular formula is C13H13NO6S3. The van der Waals surface area contributed by atoms with Gasteiger partial charge in [-0.15, -0.1) is 0 Å². The largest absolute Gasteiger partial charge is 0.504 e. The van der Waals surface area contributed by atoms with Crippen molar-refractivity contribution in [2.75, 3.05) is 19.4 Å². The summed E-state index contributed by atoms with van der Waals surface area (Å²) in [7, 11) is -2.76. The van der Waals surface area contributed by atoms with Crippen molar-refractivity contribution in [3.63, 3.8) is 0 Å². The molecule has 23 heavy (non-hydrogen) atoms. The van der Waals surface area contributed by atoms with Gasteiger partial charge in [-0.25, -0.2) is 0 Å². The third-order valence-electron chi connectivity index (χ3n) is 2.95. The van der Waals surface area contributed by atoms with Gasteiger partial charge in [0, 0.05) is 6.54 Å².